The molecule has 2 heteroatoms. The Labute approximate surface area is 103 Å². The van der Waals surface area contributed by atoms with E-state index in [1.54, 1.807) is 0 Å². The Balaban J connectivity index is 1.99. The standard InChI is InChI=1S/C15H18N2/c1-12-5-3-4-6-15(12)13(2)17-11-14-7-9-16-10-8-14/h3-10,13,17H,11H2,1-2H3/t13-/m1/s1. The first-order valence-corrected chi connectivity index (χ1v) is 5.95. The van der Waals surface area contributed by atoms with Crippen molar-refractivity contribution in [2.24, 2.45) is 0 Å². The van der Waals surface area contributed by atoms with Crippen molar-refractivity contribution in [1.29, 1.82) is 0 Å². The Morgan fingerprint density at radius 1 is 1.12 bits per heavy atom. The third-order valence-electron chi connectivity index (χ3n) is 3.02. The Kier molecular flexibility index (Phi) is 3.89. The van der Waals surface area contributed by atoms with Crippen LogP contribution in [-0.4, -0.2) is 4.98 Å². The summed E-state index contributed by atoms with van der Waals surface area (Å²) >= 11 is 0. The zero-order chi connectivity index (χ0) is 12.1. The minimum atomic E-state index is 0.365. The number of hydrogen-bond acceptors (Lipinski definition) is 2. The van der Waals surface area contributed by atoms with Gasteiger partial charge in [0.25, 0.3) is 0 Å². The van der Waals surface area contributed by atoms with Crippen molar-refractivity contribution in [3.8, 4) is 0 Å². The van der Waals surface area contributed by atoms with Crippen LogP contribution in [0, 0.1) is 6.92 Å². The average molecular weight is 226 g/mol. The molecule has 1 heterocycles. The molecule has 0 bridgehead atoms. The van der Waals surface area contributed by atoms with Gasteiger partial charge in [-0.1, -0.05) is 24.3 Å². The maximum atomic E-state index is 4.02. The van der Waals surface area contributed by atoms with E-state index in [9.17, 15) is 0 Å². The zero-order valence-electron chi connectivity index (χ0n) is 10.4. The molecule has 1 N–H and O–H groups in total. The van der Waals surface area contributed by atoms with Crippen molar-refractivity contribution in [3.05, 3.63) is 65.5 Å². The van der Waals surface area contributed by atoms with Crippen LogP contribution in [0.25, 0.3) is 0 Å². The molecule has 0 fully saturated rings. The van der Waals surface area contributed by atoms with E-state index in [-0.39, 0.29) is 0 Å². The summed E-state index contributed by atoms with van der Waals surface area (Å²) in [6.45, 7) is 5.22. The van der Waals surface area contributed by atoms with E-state index in [4.69, 9.17) is 0 Å². The number of aromatic nitrogens is 1. The van der Waals surface area contributed by atoms with Gasteiger partial charge in [-0.25, -0.2) is 0 Å². The number of aryl methyl sites for hydroxylation is 1. The van der Waals surface area contributed by atoms with Gasteiger partial charge in [0.15, 0.2) is 0 Å². The third-order valence-corrected chi connectivity index (χ3v) is 3.02. The summed E-state index contributed by atoms with van der Waals surface area (Å²) < 4.78 is 0. The number of hydrogen-bond donors (Lipinski definition) is 1. The first-order valence-electron chi connectivity index (χ1n) is 5.95. The summed E-state index contributed by atoms with van der Waals surface area (Å²) in [6.07, 6.45) is 3.66. The number of nitrogens with one attached hydrogen (secondary N) is 1. The second kappa shape index (κ2) is 5.60. The molecule has 2 nitrogen and oxygen atoms in total. The summed E-state index contributed by atoms with van der Waals surface area (Å²) in [4.78, 5) is 4.02. The van der Waals surface area contributed by atoms with Crippen LogP contribution in [0.1, 0.15) is 29.7 Å². The highest BCUT2D eigenvalue weighted by Gasteiger charge is 2.06. The number of benzene rings is 1. The fourth-order valence-electron chi connectivity index (χ4n) is 1.95. The molecule has 0 saturated carbocycles. The van der Waals surface area contributed by atoms with Gasteiger partial charge in [0.2, 0.25) is 0 Å². The van der Waals surface area contributed by atoms with E-state index in [2.05, 4.69) is 48.4 Å². The highest BCUT2D eigenvalue weighted by molar-refractivity contribution is 5.28. The van der Waals surface area contributed by atoms with Crippen LogP contribution in [0.15, 0.2) is 48.8 Å². The third kappa shape index (κ3) is 3.14. The molecule has 0 unspecified atom stereocenters. The van der Waals surface area contributed by atoms with Crippen molar-refractivity contribution in [1.82, 2.24) is 10.3 Å². The largest absolute Gasteiger partial charge is 0.306 e. The van der Waals surface area contributed by atoms with Gasteiger partial charge in [0.05, 0.1) is 0 Å². The zero-order valence-corrected chi connectivity index (χ0v) is 10.4. The summed E-state index contributed by atoms with van der Waals surface area (Å²) in [5.74, 6) is 0. The second-order valence-electron chi connectivity index (χ2n) is 4.31. The molecule has 2 rings (SSSR count). The lowest BCUT2D eigenvalue weighted by Crippen LogP contribution is -2.18. The number of nitrogens with zero attached hydrogens (tertiary/aromatic N) is 1. The molecule has 0 aliphatic carbocycles. The monoisotopic (exact) mass is 226 g/mol. The molecule has 2 aromatic rings. The molecule has 1 aromatic heterocycles. The Hall–Kier alpha value is -1.67. The predicted molar refractivity (Wildman–Crippen MR) is 70.7 cm³/mol. The highest BCUT2D eigenvalue weighted by Crippen LogP contribution is 2.16. The van der Waals surface area contributed by atoms with Gasteiger partial charge < -0.3 is 5.32 Å². The highest BCUT2D eigenvalue weighted by atomic mass is 14.9. The molecular formula is C15H18N2. The van der Waals surface area contributed by atoms with Gasteiger partial charge in [-0.2, -0.15) is 0 Å². The lowest BCUT2D eigenvalue weighted by molar-refractivity contribution is 0.572. The van der Waals surface area contributed by atoms with Gasteiger partial charge in [-0.05, 0) is 42.7 Å². The van der Waals surface area contributed by atoms with Crippen LogP contribution in [-0.2, 0) is 6.54 Å². The van der Waals surface area contributed by atoms with Crippen LogP contribution in [0.5, 0.6) is 0 Å². The second-order valence-corrected chi connectivity index (χ2v) is 4.31. The van der Waals surface area contributed by atoms with Gasteiger partial charge in [-0.3, -0.25) is 4.98 Å². The summed E-state index contributed by atoms with van der Waals surface area (Å²) in [6, 6.07) is 12.9. The maximum absolute atomic E-state index is 4.02. The molecule has 0 radical (unpaired) electrons. The van der Waals surface area contributed by atoms with E-state index in [1.807, 2.05) is 24.5 Å². The topological polar surface area (TPSA) is 24.9 Å². The van der Waals surface area contributed by atoms with E-state index in [0.29, 0.717) is 6.04 Å². The SMILES string of the molecule is Cc1ccccc1[C@@H](C)NCc1ccncc1. The normalized spacial score (nSPS) is 12.4. The van der Waals surface area contributed by atoms with Gasteiger partial charge in [0.1, 0.15) is 0 Å². The predicted octanol–water partition coefficient (Wildman–Crippen LogP) is 3.24. The first-order chi connectivity index (χ1) is 8.27. The van der Waals surface area contributed by atoms with Crippen LogP contribution in [0.4, 0.5) is 0 Å². The van der Waals surface area contributed by atoms with E-state index < -0.39 is 0 Å². The van der Waals surface area contributed by atoms with Crippen LogP contribution in [0.3, 0.4) is 0 Å². The van der Waals surface area contributed by atoms with Gasteiger partial charge in [0, 0.05) is 25.0 Å². The molecule has 1 aromatic carbocycles. The van der Waals surface area contributed by atoms with E-state index in [1.165, 1.54) is 16.7 Å². The van der Waals surface area contributed by atoms with Crippen molar-refractivity contribution < 1.29 is 0 Å². The molecule has 0 aliphatic heterocycles. The lowest BCUT2D eigenvalue weighted by atomic mass is 10.0. The molecule has 0 amide bonds. The fourth-order valence-corrected chi connectivity index (χ4v) is 1.95. The minimum absolute atomic E-state index is 0.365. The lowest BCUT2D eigenvalue weighted by Gasteiger charge is -2.16. The number of pyridine rings is 1. The average Bonchev–Trinajstić information content (AvgIpc) is 2.38. The van der Waals surface area contributed by atoms with Crippen molar-refractivity contribution in [2.75, 3.05) is 0 Å². The Morgan fingerprint density at radius 3 is 2.53 bits per heavy atom. The summed E-state index contributed by atoms with van der Waals surface area (Å²) in [5, 5.41) is 3.53. The van der Waals surface area contributed by atoms with E-state index in [0.717, 1.165) is 6.54 Å². The van der Waals surface area contributed by atoms with Crippen LogP contribution < -0.4 is 5.32 Å². The molecular weight excluding hydrogens is 208 g/mol. The molecule has 88 valence electrons. The molecule has 17 heavy (non-hydrogen) atoms. The van der Waals surface area contributed by atoms with Crippen LogP contribution in [0.2, 0.25) is 0 Å². The molecule has 0 spiro atoms. The van der Waals surface area contributed by atoms with Gasteiger partial charge >= 0.3 is 0 Å². The summed E-state index contributed by atoms with van der Waals surface area (Å²) in [7, 11) is 0. The van der Waals surface area contributed by atoms with Crippen LogP contribution >= 0.6 is 0 Å². The molecule has 0 aliphatic rings. The van der Waals surface area contributed by atoms with Crippen molar-refractivity contribution in [3.63, 3.8) is 0 Å². The van der Waals surface area contributed by atoms with E-state index >= 15 is 0 Å². The maximum Gasteiger partial charge on any atom is 0.0297 e. The Morgan fingerprint density at radius 2 is 1.82 bits per heavy atom. The molecule has 0 saturated heterocycles. The van der Waals surface area contributed by atoms with Crippen molar-refractivity contribution in [2.45, 2.75) is 26.4 Å². The smallest absolute Gasteiger partial charge is 0.0297 e. The van der Waals surface area contributed by atoms with Gasteiger partial charge in [-0.15, -0.1) is 0 Å². The first kappa shape index (κ1) is 11.8. The summed E-state index contributed by atoms with van der Waals surface area (Å²) in [5.41, 5.74) is 3.96. The quantitative estimate of drug-likeness (QED) is 0.865. The Bertz CT molecular complexity index is 465. The molecule has 1 atom stereocenters. The minimum Gasteiger partial charge on any atom is -0.306 e. The number of rotatable bonds is 4. The fraction of sp³-hybridized carbons (Fsp3) is 0.267. The van der Waals surface area contributed by atoms with Crippen molar-refractivity contribution >= 4 is 0 Å².